The molecule has 0 unspecified atom stereocenters. The van der Waals surface area contributed by atoms with Crippen molar-refractivity contribution in [1.29, 1.82) is 0 Å². The van der Waals surface area contributed by atoms with Gasteiger partial charge in [-0.25, -0.2) is 4.39 Å². The van der Waals surface area contributed by atoms with Crippen LogP contribution in [-0.4, -0.2) is 21.0 Å². The molecule has 1 rings (SSSR count). The average molecular weight is 441 g/mol. The lowest BCUT2D eigenvalue weighted by Crippen LogP contribution is -2.50. The average Bonchev–Trinajstić information content (AvgIpc) is 2.42. The summed E-state index contributed by atoms with van der Waals surface area (Å²) in [5.41, 5.74) is 0.824. The predicted octanol–water partition coefficient (Wildman–Crippen LogP) is 7.06. The van der Waals surface area contributed by atoms with Gasteiger partial charge in [-0.3, -0.25) is 0 Å². The molecule has 0 fully saturated rings. The van der Waals surface area contributed by atoms with E-state index < -0.39 is 32.6 Å². The SMILES string of the molecule is Cc1cc(Br)cc(F)c1OC(F)(F)CO[Si](C(C)C)(C(C)C)C(C)C. The first-order chi connectivity index (χ1) is 11.3. The molecule has 1 aromatic rings. The maximum atomic E-state index is 14.4. The lowest BCUT2D eigenvalue weighted by atomic mass is 10.2. The van der Waals surface area contributed by atoms with Crippen molar-refractivity contribution >= 4 is 24.2 Å². The lowest BCUT2D eigenvalue weighted by Gasteiger charge is -2.42. The zero-order valence-electron chi connectivity index (χ0n) is 15.9. The van der Waals surface area contributed by atoms with Crippen LogP contribution < -0.4 is 4.74 Å². The molecule has 2 nitrogen and oxygen atoms in total. The Morgan fingerprint density at radius 1 is 1.04 bits per heavy atom. The van der Waals surface area contributed by atoms with E-state index in [0.717, 1.165) is 6.07 Å². The smallest absolute Gasteiger partial charge is 0.420 e. The van der Waals surface area contributed by atoms with Gasteiger partial charge in [0.1, 0.15) is 6.61 Å². The molecular formula is C18H28BrF3O2Si. The minimum absolute atomic E-state index is 0.175. The third-order valence-corrected chi connectivity index (χ3v) is 11.2. The standard InChI is InChI=1S/C18H28BrF3O2Si/c1-11(2)25(12(3)4,13(5)6)23-10-18(21,22)24-17-14(7)8-15(19)9-16(17)20/h8-9,11-13H,10H2,1-7H3. The Morgan fingerprint density at radius 2 is 1.52 bits per heavy atom. The van der Waals surface area contributed by atoms with Crippen molar-refractivity contribution in [2.45, 2.75) is 71.2 Å². The van der Waals surface area contributed by atoms with Crippen molar-refractivity contribution in [3.63, 3.8) is 0 Å². The van der Waals surface area contributed by atoms with E-state index >= 15 is 0 Å². The van der Waals surface area contributed by atoms with E-state index in [-0.39, 0.29) is 16.6 Å². The maximum Gasteiger partial charge on any atom is 0.420 e. The molecule has 144 valence electrons. The summed E-state index contributed by atoms with van der Waals surface area (Å²) in [6, 6.07) is 2.64. The summed E-state index contributed by atoms with van der Waals surface area (Å²) in [4.78, 5) is 0. The first kappa shape index (κ1) is 22.5. The maximum absolute atomic E-state index is 14.4. The topological polar surface area (TPSA) is 18.5 Å². The van der Waals surface area contributed by atoms with Crippen molar-refractivity contribution in [3.8, 4) is 5.75 Å². The molecule has 0 aliphatic rings. The molecule has 0 heterocycles. The highest BCUT2D eigenvalue weighted by molar-refractivity contribution is 9.10. The molecule has 0 saturated carbocycles. The van der Waals surface area contributed by atoms with Gasteiger partial charge in [-0.05, 0) is 41.2 Å². The van der Waals surface area contributed by atoms with Gasteiger partial charge in [-0.2, -0.15) is 8.78 Å². The fourth-order valence-corrected chi connectivity index (χ4v) is 9.67. The third-order valence-electron chi connectivity index (χ3n) is 4.64. The van der Waals surface area contributed by atoms with Gasteiger partial charge < -0.3 is 9.16 Å². The Bertz CT molecular complexity index is 547. The molecule has 0 amide bonds. The molecule has 1 aromatic carbocycles. The fourth-order valence-electron chi connectivity index (χ4n) is 3.71. The van der Waals surface area contributed by atoms with E-state index in [1.54, 1.807) is 0 Å². The molecule has 0 N–H and O–H groups in total. The Labute approximate surface area is 158 Å². The van der Waals surface area contributed by atoms with E-state index in [1.165, 1.54) is 13.0 Å². The molecule has 0 bridgehead atoms. The highest BCUT2D eigenvalue weighted by atomic mass is 79.9. The van der Waals surface area contributed by atoms with Crippen molar-refractivity contribution in [1.82, 2.24) is 0 Å². The minimum Gasteiger partial charge on any atom is -0.427 e. The number of aryl methyl sites for hydroxylation is 1. The molecular weight excluding hydrogens is 413 g/mol. The van der Waals surface area contributed by atoms with Gasteiger partial charge in [0.2, 0.25) is 8.32 Å². The van der Waals surface area contributed by atoms with Crippen LogP contribution in [0.25, 0.3) is 0 Å². The number of hydrogen-bond donors (Lipinski definition) is 0. The summed E-state index contributed by atoms with van der Waals surface area (Å²) in [6.07, 6.45) is -3.60. The van der Waals surface area contributed by atoms with Crippen LogP contribution in [0, 0.1) is 12.7 Å². The summed E-state index contributed by atoms with van der Waals surface area (Å²) in [5.74, 6) is -1.27. The van der Waals surface area contributed by atoms with E-state index in [2.05, 4.69) is 15.9 Å². The van der Waals surface area contributed by atoms with Crippen LogP contribution in [0.1, 0.15) is 47.1 Å². The number of hydrogen-bond acceptors (Lipinski definition) is 2. The Balaban J connectivity index is 3.01. The number of rotatable bonds is 8. The van der Waals surface area contributed by atoms with E-state index in [9.17, 15) is 13.2 Å². The fraction of sp³-hybridized carbons (Fsp3) is 0.667. The molecule has 0 aromatic heterocycles. The van der Waals surface area contributed by atoms with Crippen LogP contribution in [0.3, 0.4) is 0 Å². The van der Waals surface area contributed by atoms with Crippen LogP contribution in [0.5, 0.6) is 5.75 Å². The summed E-state index contributed by atoms with van der Waals surface area (Å²) in [5, 5.41) is 0. The van der Waals surface area contributed by atoms with Gasteiger partial charge >= 0.3 is 6.11 Å². The van der Waals surface area contributed by atoms with Crippen LogP contribution in [0.2, 0.25) is 16.6 Å². The monoisotopic (exact) mass is 440 g/mol. The Morgan fingerprint density at radius 3 is 1.92 bits per heavy atom. The zero-order chi connectivity index (χ0) is 19.6. The van der Waals surface area contributed by atoms with Gasteiger partial charge in [-0.1, -0.05) is 57.5 Å². The quantitative estimate of drug-likeness (QED) is 0.402. The second kappa shape index (κ2) is 8.44. The molecule has 0 saturated heterocycles. The number of ether oxygens (including phenoxy) is 1. The molecule has 0 aliphatic carbocycles. The predicted molar refractivity (Wildman–Crippen MR) is 101 cm³/mol. The second-order valence-electron chi connectivity index (χ2n) is 7.38. The van der Waals surface area contributed by atoms with Crippen molar-refractivity contribution in [3.05, 3.63) is 28.0 Å². The number of benzene rings is 1. The molecule has 7 heteroatoms. The summed E-state index contributed by atoms with van der Waals surface area (Å²) >= 11 is 3.13. The highest BCUT2D eigenvalue weighted by Crippen LogP contribution is 2.43. The van der Waals surface area contributed by atoms with Gasteiger partial charge in [0.05, 0.1) is 0 Å². The second-order valence-corrected chi connectivity index (χ2v) is 13.8. The van der Waals surface area contributed by atoms with Crippen molar-refractivity contribution in [2.75, 3.05) is 6.61 Å². The summed E-state index contributed by atoms with van der Waals surface area (Å²) in [7, 11) is -2.45. The zero-order valence-corrected chi connectivity index (χ0v) is 18.5. The van der Waals surface area contributed by atoms with Gasteiger partial charge in [0.25, 0.3) is 0 Å². The Hall–Kier alpha value is -0.533. The Kier molecular flexibility index (Phi) is 7.60. The van der Waals surface area contributed by atoms with Crippen molar-refractivity contribution in [2.24, 2.45) is 0 Å². The van der Waals surface area contributed by atoms with Crippen LogP contribution in [-0.2, 0) is 4.43 Å². The summed E-state index contributed by atoms with van der Waals surface area (Å²) < 4.78 is 53.8. The molecule has 0 radical (unpaired) electrons. The van der Waals surface area contributed by atoms with Gasteiger partial charge in [-0.15, -0.1) is 0 Å². The lowest BCUT2D eigenvalue weighted by molar-refractivity contribution is -0.199. The van der Waals surface area contributed by atoms with Gasteiger partial charge in [0, 0.05) is 4.47 Å². The normalized spacial score (nSPS) is 13.2. The van der Waals surface area contributed by atoms with E-state index in [4.69, 9.17) is 9.16 Å². The number of halogens is 4. The molecule has 25 heavy (non-hydrogen) atoms. The van der Waals surface area contributed by atoms with Crippen LogP contribution in [0.4, 0.5) is 13.2 Å². The van der Waals surface area contributed by atoms with Crippen molar-refractivity contribution < 1.29 is 22.3 Å². The van der Waals surface area contributed by atoms with E-state index in [1.807, 2.05) is 41.5 Å². The van der Waals surface area contributed by atoms with Crippen LogP contribution >= 0.6 is 15.9 Å². The van der Waals surface area contributed by atoms with Gasteiger partial charge in [0.15, 0.2) is 11.6 Å². The van der Waals surface area contributed by atoms with E-state index in [0.29, 0.717) is 10.0 Å². The molecule has 0 aliphatic heterocycles. The first-order valence-electron chi connectivity index (χ1n) is 8.50. The molecule has 0 spiro atoms. The molecule has 0 atom stereocenters. The third kappa shape index (κ3) is 5.23. The first-order valence-corrected chi connectivity index (χ1v) is 11.4. The minimum atomic E-state index is -3.60. The number of alkyl halides is 2. The largest absolute Gasteiger partial charge is 0.427 e. The summed E-state index contributed by atoms with van der Waals surface area (Å²) in [6.45, 7) is 12.8. The highest BCUT2D eigenvalue weighted by Gasteiger charge is 2.48. The van der Waals surface area contributed by atoms with Crippen LogP contribution in [0.15, 0.2) is 16.6 Å².